The zero-order valence-corrected chi connectivity index (χ0v) is 91.6. The van der Waals surface area contributed by atoms with Crippen LogP contribution in [0.2, 0.25) is 5.02 Å². The highest BCUT2D eigenvalue weighted by atomic mass is 79.9. The topological polar surface area (TPSA) is 111 Å². The molecule has 19 heteroatoms. The van der Waals surface area contributed by atoms with E-state index in [4.69, 9.17) is 55.9 Å². The van der Waals surface area contributed by atoms with E-state index in [1.54, 1.807) is 0 Å². The summed E-state index contributed by atoms with van der Waals surface area (Å²) in [6, 6.07) is 92.5. The Kier molecular flexibility index (Phi) is 43.5. The average molecular weight is 2260 g/mol. The van der Waals surface area contributed by atoms with Crippen LogP contribution in [-0.4, -0.2) is 91.0 Å². The first-order valence-corrected chi connectivity index (χ1v) is 56.5. The van der Waals surface area contributed by atoms with Crippen molar-refractivity contribution in [1.29, 1.82) is 0 Å². The third-order valence-electron chi connectivity index (χ3n) is 25.9. The Labute approximate surface area is 896 Å². The van der Waals surface area contributed by atoms with Crippen molar-refractivity contribution in [3.05, 3.63) is 340 Å². The second-order valence-electron chi connectivity index (χ2n) is 37.5. The van der Waals surface area contributed by atoms with Gasteiger partial charge in [0.15, 0.2) is 0 Å². The molecule has 0 aromatic heterocycles. The summed E-state index contributed by atoms with van der Waals surface area (Å²) in [5, 5.41) is 7.44. The van der Waals surface area contributed by atoms with Gasteiger partial charge in [0.2, 0.25) is 0 Å². The van der Waals surface area contributed by atoms with Crippen molar-refractivity contribution < 1.29 is 47.6 Å². The van der Waals surface area contributed by atoms with Gasteiger partial charge in [-0.1, -0.05) is 244 Å². The highest BCUT2D eigenvalue weighted by Gasteiger charge is 2.37. The molecule has 15 aliphatic rings. The smallest absolute Gasteiger partial charge is 0.339 e. The SMILES string of the molecule is Brc1ccc2cc(-c3cc4ccc(Br)ccc-4c3)cc-2cc1.C.C#Cc1ccc(OCCCCCCOCC2(C)COC2)cc1.CCC1(CCCCCCCOc2ccc(C#Cc3ccc4cc(-c5cc6ccc(C#Cc7ccc(OCCCCCCOCC8(C)COC8)cc7)ccc-6c5)cc-4cc3)cc2)COC1.Cc1c2ccc(Br)ccc-2c(C)c1Cl.Cc1c2ccc(Br)ccc-2c(C)c1O.O=P(Cl)(Cl)Cl. The maximum Gasteiger partial charge on any atom is 0.339 e. The van der Waals surface area contributed by atoms with Crippen molar-refractivity contribution in [3.8, 4) is 148 Å². The highest BCUT2D eigenvalue weighted by molar-refractivity contribution is 9.11. The van der Waals surface area contributed by atoms with Crippen LogP contribution in [0.25, 0.3) is 89.0 Å². The Morgan fingerprint density at radius 2 is 0.585 bits per heavy atom. The van der Waals surface area contributed by atoms with Gasteiger partial charge in [0.1, 0.15) is 23.0 Å². The van der Waals surface area contributed by atoms with Crippen LogP contribution in [0, 0.1) is 80.0 Å². The van der Waals surface area contributed by atoms with Crippen LogP contribution in [0.5, 0.6) is 23.0 Å². The monoisotopic (exact) mass is 2250 g/mol. The summed E-state index contributed by atoms with van der Waals surface area (Å²) in [6.45, 7) is 25.5. The number of rotatable bonds is 32. The van der Waals surface area contributed by atoms with Crippen LogP contribution in [0.15, 0.2) is 285 Å². The molecule has 0 atom stereocenters. The predicted molar refractivity (Wildman–Crippen MR) is 608 cm³/mol. The lowest BCUT2D eigenvalue weighted by Crippen LogP contribution is -2.43. The zero-order chi connectivity index (χ0) is 99.7. The molecule has 3 fully saturated rings. The summed E-state index contributed by atoms with van der Waals surface area (Å²) in [5.74, 6) is 19.1. The molecule has 12 aliphatic carbocycles. The molecule has 0 spiro atoms. The maximum atomic E-state index is 9.77. The van der Waals surface area contributed by atoms with Crippen LogP contribution < -0.4 is 14.2 Å². The van der Waals surface area contributed by atoms with Crippen LogP contribution >= 0.6 is 114 Å². The molecule has 142 heavy (non-hydrogen) atoms. The normalized spacial score (nSPS) is 13.4. The van der Waals surface area contributed by atoms with Crippen molar-refractivity contribution in [2.45, 2.75) is 152 Å². The fourth-order valence-corrected chi connectivity index (χ4v) is 18.4. The van der Waals surface area contributed by atoms with Gasteiger partial charge in [0.25, 0.3) is 0 Å². The number of aromatic hydroxyl groups is 1. The number of hydrogen-bond donors (Lipinski definition) is 1. The highest BCUT2D eigenvalue weighted by Crippen LogP contribution is 2.61. The summed E-state index contributed by atoms with van der Waals surface area (Å²) in [5.41, 5.74) is 29.6. The zero-order valence-electron chi connectivity index (χ0n) is 81.4. The molecular formula is C123H127Br4Cl4O10P. The largest absolute Gasteiger partial charge is 0.507 e. The van der Waals surface area contributed by atoms with Crippen molar-refractivity contribution in [2.75, 3.05) is 85.9 Å². The van der Waals surface area contributed by atoms with E-state index in [9.17, 15) is 9.67 Å². The maximum absolute atomic E-state index is 9.77. The molecule has 0 saturated carbocycles. The van der Waals surface area contributed by atoms with Gasteiger partial charge in [-0.3, -0.25) is 4.57 Å². The Hall–Kier alpha value is -9.15. The van der Waals surface area contributed by atoms with Crippen LogP contribution in [0.4, 0.5) is 0 Å². The first-order chi connectivity index (χ1) is 68.1. The Morgan fingerprint density at radius 3 is 0.845 bits per heavy atom. The molecule has 3 aromatic rings. The second kappa shape index (κ2) is 55.4. The molecule has 3 aromatic carbocycles. The van der Waals surface area contributed by atoms with Gasteiger partial charge in [0, 0.05) is 80.2 Å². The van der Waals surface area contributed by atoms with Crippen LogP contribution in [0.3, 0.4) is 0 Å². The van der Waals surface area contributed by atoms with E-state index in [1.165, 1.54) is 140 Å². The minimum Gasteiger partial charge on any atom is -0.507 e. The number of ether oxygens (including phenoxy) is 8. The van der Waals surface area contributed by atoms with Gasteiger partial charge in [-0.15, -0.1) is 6.42 Å². The van der Waals surface area contributed by atoms with E-state index >= 15 is 0 Å². The molecule has 1 N–H and O–H groups in total. The number of halogens is 8. The second-order valence-corrected chi connectivity index (χ2v) is 48.1. The van der Waals surface area contributed by atoms with E-state index in [0.29, 0.717) is 11.2 Å². The Morgan fingerprint density at radius 1 is 0.345 bits per heavy atom. The summed E-state index contributed by atoms with van der Waals surface area (Å²) < 4.78 is 59.0. The van der Waals surface area contributed by atoms with Crippen LogP contribution in [0.1, 0.15) is 175 Å². The lowest BCUT2D eigenvalue weighted by Gasteiger charge is -2.41. The molecular weight excluding hydrogens is 2130 g/mol. The Balaban J connectivity index is 0.000000185. The van der Waals surface area contributed by atoms with E-state index in [1.807, 2.05) is 123 Å². The van der Waals surface area contributed by atoms with Crippen molar-refractivity contribution in [2.24, 2.45) is 16.2 Å². The van der Waals surface area contributed by atoms with Gasteiger partial charge in [-0.25, -0.2) is 0 Å². The van der Waals surface area contributed by atoms with Crippen LogP contribution in [-0.2, 0) is 28.2 Å². The molecule has 740 valence electrons. The van der Waals surface area contributed by atoms with Crippen molar-refractivity contribution >= 4 is 114 Å². The standard InChI is InChI=1S/C59H64O5.C20H12Br2.C19H26O3.C12H10BrCl.C12H11BrO.CH4.Cl3OP/c1-3-59(44-62-45-59)33-9-5-4-6-11-35-63-56-29-21-48(22-30-56)15-13-46-17-25-50-37-54(38-51(50)26-18-46)55-39-52-27-19-47(20-28-53(52)40-55)14-16-49-23-31-57(32-24-49)64-36-12-8-7-10-34-60-41-58(2)42-61-43-58;21-19-5-1-13-9-17(10-14(13)2-6-19)18-11-15-3-7-20(22)8-4-16(15)12-18;1-3-17-8-10-18(11-9-17)22-13-7-5-4-6-12-20-14-19(2)15-21-16-19;2*1-7-10-5-3-9(13)4-6-11(10)8(2)12(7)14;;1-5(2,3)4/h17-32,37-40H,3-12,33-36,41-45H2,1-2H3;1-12H;1,8-11H,4-7,12-16H2,2H3;3-6H,1-2H3;3-6,14H,1-2H3;1H4;. The third kappa shape index (κ3) is 34.2. The molecule has 0 unspecified atom stereocenters. The van der Waals surface area contributed by atoms with Gasteiger partial charge in [-0.05, 0) is 425 Å². The molecule has 10 nitrogen and oxygen atoms in total. The predicted octanol–water partition coefficient (Wildman–Crippen LogP) is 36.4. The summed E-state index contributed by atoms with van der Waals surface area (Å²) in [6.07, 6.45) is 23.1. The molecule has 0 radical (unpaired) electrons. The number of terminal acetylenes is 1. The fraction of sp³-hybridized carbons (Fsp3) is 0.317. The number of unbranched alkanes of at least 4 members (excludes halogenated alkanes) is 10. The molecule has 0 amide bonds. The number of benzene rings is 3. The average Bonchev–Trinajstić information content (AvgIpc) is 1.66. The van der Waals surface area contributed by atoms with Gasteiger partial charge in [0.05, 0.1) is 72.7 Å². The first kappa shape index (κ1) is 112. The molecule has 0 bridgehead atoms. The van der Waals surface area contributed by atoms with E-state index in [-0.39, 0.29) is 18.3 Å². The van der Waals surface area contributed by atoms with E-state index in [0.717, 1.165) is 221 Å². The Bertz CT molecular complexity index is 6180. The summed E-state index contributed by atoms with van der Waals surface area (Å²) in [7, 11) is 0. The number of fused-ring (bicyclic) bond motifs is 6. The summed E-state index contributed by atoms with van der Waals surface area (Å²) >= 11 is 34.0. The van der Waals surface area contributed by atoms with Gasteiger partial charge >= 0.3 is 5.20 Å². The summed E-state index contributed by atoms with van der Waals surface area (Å²) in [4.78, 5) is 0. The van der Waals surface area contributed by atoms with Gasteiger partial charge in [-0.2, -0.15) is 0 Å². The quantitative estimate of drug-likeness (QED) is 0.0249. The lowest BCUT2D eigenvalue weighted by atomic mass is 9.78. The van der Waals surface area contributed by atoms with Crippen molar-refractivity contribution in [3.63, 3.8) is 0 Å². The lowest BCUT2D eigenvalue weighted by molar-refractivity contribution is -0.138. The molecule has 3 aliphatic heterocycles. The minimum absolute atomic E-state index is 0. The molecule has 18 rings (SSSR count). The fourth-order valence-electron chi connectivity index (χ4n) is 17.1. The minimum atomic E-state index is -3.22. The number of hydrogen-bond acceptors (Lipinski definition) is 10. The van der Waals surface area contributed by atoms with E-state index < -0.39 is 5.20 Å². The first-order valence-electron chi connectivity index (χ1n) is 48.5. The van der Waals surface area contributed by atoms with E-state index in [2.05, 4.69) is 319 Å². The molecule has 3 heterocycles. The van der Waals surface area contributed by atoms with Crippen molar-refractivity contribution in [1.82, 2.24) is 0 Å². The molecule has 3 saturated heterocycles. The van der Waals surface area contributed by atoms with Gasteiger partial charge < -0.3 is 43.0 Å². The third-order valence-corrected chi connectivity index (χ3v) is 28.6.